The summed E-state index contributed by atoms with van der Waals surface area (Å²) in [4.78, 5) is 14.4. The first-order valence-electron chi connectivity index (χ1n) is 9.95. The van der Waals surface area contributed by atoms with Gasteiger partial charge in [-0.15, -0.1) is 0 Å². The van der Waals surface area contributed by atoms with Crippen molar-refractivity contribution in [1.82, 2.24) is 10.2 Å². The summed E-state index contributed by atoms with van der Waals surface area (Å²) in [6, 6.07) is 20.9. The van der Waals surface area contributed by atoms with Crippen molar-refractivity contribution in [1.29, 1.82) is 0 Å². The van der Waals surface area contributed by atoms with E-state index in [0.29, 0.717) is 6.61 Å². The molecular formula is C23H30N2O2. The molecule has 2 aromatic rings. The van der Waals surface area contributed by atoms with Gasteiger partial charge in [0.15, 0.2) is 0 Å². The van der Waals surface area contributed by atoms with Gasteiger partial charge in [-0.2, -0.15) is 0 Å². The minimum atomic E-state index is 0.0528. The lowest BCUT2D eigenvalue weighted by atomic mass is 10.1. The maximum absolute atomic E-state index is 12.5. The molecule has 144 valence electrons. The molecule has 0 saturated carbocycles. The van der Waals surface area contributed by atoms with Crippen molar-refractivity contribution < 1.29 is 9.53 Å². The molecule has 1 saturated heterocycles. The average Bonchev–Trinajstić information content (AvgIpc) is 2.72. The second kappa shape index (κ2) is 10.1. The standard InChI is InChI=1S/C23H30N2O2/c1-19(12-13-20-8-4-2-5-9-20)24-23(26)25-16-14-22(15-17-25)27-18-21-10-6-3-7-11-21/h2-11,19,22H,12-18H2,1H3,(H,24,26). The van der Waals surface area contributed by atoms with E-state index in [1.54, 1.807) is 0 Å². The largest absolute Gasteiger partial charge is 0.373 e. The van der Waals surface area contributed by atoms with E-state index < -0.39 is 0 Å². The van der Waals surface area contributed by atoms with Crippen LogP contribution in [0.25, 0.3) is 0 Å². The molecule has 2 aromatic carbocycles. The predicted octanol–water partition coefficient (Wildman–Crippen LogP) is 4.40. The van der Waals surface area contributed by atoms with Crippen LogP contribution in [0.2, 0.25) is 0 Å². The molecule has 1 atom stereocenters. The smallest absolute Gasteiger partial charge is 0.317 e. The van der Waals surface area contributed by atoms with Crippen LogP contribution in [-0.2, 0) is 17.8 Å². The van der Waals surface area contributed by atoms with Crippen LogP contribution in [0.5, 0.6) is 0 Å². The first kappa shape index (κ1) is 19.4. The van der Waals surface area contributed by atoms with Crippen LogP contribution in [0.15, 0.2) is 60.7 Å². The fourth-order valence-corrected chi connectivity index (χ4v) is 3.42. The third kappa shape index (κ3) is 6.40. The Bertz CT molecular complexity index is 682. The molecule has 1 N–H and O–H groups in total. The minimum absolute atomic E-state index is 0.0528. The maximum Gasteiger partial charge on any atom is 0.317 e. The van der Waals surface area contributed by atoms with Gasteiger partial charge in [-0.05, 0) is 43.7 Å². The highest BCUT2D eigenvalue weighted by Gasteiger charge is 2.23. The average molecular weight is 367 g/mol. The molecule has 27 heavy (non-hydrogen) atoms. The Morgan fingerprint density at radius 2 is 1.63 bits per heavy atom. The number of urea groups is 1. The highest BCUT2D eigenvalue weighted by Crippen LogP contribution is 2.16. The predicted molar refractivity (Wildman–Crippen MR) is 109 cm³/mol. The van der Waals surface area contributed by atoms with Gasteiger partial charge >= 0.3 is 6.03 Å². The molecule has 4 heteroatoms. The summed E-state index contributed by atoms with van der Waals surface area (Å²) < 4.78 is 6.01. The fraction of sp³-hybridized carbons (Fsp3) is 0.435. The molecule has 1 heterocycles. The van der Waals surface area contributed by atoms with Crippen LogP contribution >= 0.6 is 0 Å². The maximum atomic E-state index is 12.5. The highest BCUT2D eigenvalue weighted by molar-refractivity contribution is 5.74. The number of likely N-dealkylation sites (tertiary alicyclic amines) is 1. The quantitative estimate of drug-likeness (QED) is 0.789. The number of carbonyl (C=O) groups is 1. The molecular weight excluding hydrogens is 336 g/mol. The number of amides is 2. The van der Waals surface area contributed by atoms with Crippen LogP contribution in [0.1, 0.15) is 37.3 Å². The van der Waals surface area contributed by atoms with Gasteiger partial charge in [-0.1, -0.05) is 60.7 Å². The summed E-state index contributed by atoms with van der Waals surface area (Å²) in [7, 11) is 0. The number of ether oxygens (including phenoxy) is 1. The fourth-order valence-electron chi connectivity index (χ4n) is 3.42. The number of benzene rings is 2. The number of piperidine rings is 1. The summed E-state index contributed by atoms with van der Waals surface area (Å²) in [6.45, 7) is 4.25. The number of aryl methyl sites for hydroxylation is 1. The number of nitrogens with one attached hydrogen (secondary N) is 1. The third-order valence-corrected chi connectivity index (χ3v) is 5.14. The Morgan fingerprint density at radius 3 is 2.26 bits per heavy atom. The lowest BCUT2D eigenvalue weighted by Gasteiger charge is -2.32. The molecule has 0 aliphatic carbocycles. The Balaban J connectivity index is 1.34. The number of carbonyl (C=O) groups excluding carboxylic acids is 1. The van der Waals surface area contributed by atoms with Gasteiger partial charge in [-0.3, -0.25) is 0 Å². The van der Waals surface area contributed by atoms with E-state index in [4.69, 9.17) is 4.74 Å². The van der Waals surface area contributed by atoms with E-state index in [1.165, 1.54) is 11.1 Å². The first-order chi connectivity index (χ1) is 13.2. The topological polar surface area (TPSA) is 41.6 Å². The number of nitrogens with zero attached hydrogens (tertiary/aromatic N) is 1. The van der Waals surface area contributed by atoms with Crippen molar-refractivity contribution in [3.63, 3.8) is 0 Å². The zero-order valence-corrected chi connectivity index (χ0v) is 16.1. The lowest BCUT2D eigenvalue weighted by molar-refractivity contribution is 0.00431. The number of rotatable bonds is 7. The van der Waals surface area contributed by atoms with Crippen LogP contribution in [0.4, 0.5) is 4.79 Å². The summed E-state index contributed by atoms with van der Waals surface area (Å²) in [6.07, 6.45) is 3.98. The van der Waals surface area contributed by atoms with Crippen LogP contribution in [-0.4, -0.2) is 36.2 Å². The Kier molecular flexibility index (Phi) is 7.28. The summed E-state index contributed by atoms with van der Waals surface area (Å²) in [5, 5.41) is 3.14. The van der Waals surface area contributed by atoms with Crippen molar-refractivity contribution in [2.45, 2.75) is 51.4 Å². The van der Waals surface area contributed by atoms with Gasteiger partial charge in [0, 0.05) is 19.1 Å². The van der Waals surface area contributed by atoms with E-state index >= 15 is 0 Å². The number of hydrogen-bond acceptors (Lipinski definition) is 2. The summed E-state index contributed by atoms with van der Waals surface area (Å²) >= 11 is 0. The van der Waals surface area contributed by atoms with E-state index in [9.17, 15) is 4.79 Å². The summed E-state index contributed by atoms with van der Waals surface area (Å²) in [5.41, 5.74) is 2.51. The molecule has 1 aliphatic rings. The Morgan fingerprint density at radius 1 is 1.04 bits per heavy atom. The normalized spacial score (nSPS) is 16.1. The van der Waals surface area contributed by atoms with Gasteiger partial charge in [0.25, 0.3) is 0 Å². The Labute approximate surface area is 162 Å². The van der Waals surface area contributed by atoms with Crippen molar-refractivity contribution in [2.24, 2.45) is 0 Å². The SMILES string of the molecule is CC(CCc1ccccc1)NC(=O)N1CCC(OCc2ccccc2)CC1. The van der Waals surface area contributed by atoms with Crippen LogP contribution in [0.3, 0.4) is 0 Å². The van der Waals surface area contributed by atoms with Gasteiger partial charge in [-0.25, -0.2) is 4.79 Å². The molecule has 1 aliphatic heterocycles. The van der Waals surface area contributed by atoms with Gasteiger partial charge in [0.1, 0.15) is 0 Å². The zero-order chi connectivity index (χ0) is 18.9. The van der Waals surface area contributed by atoms with Gasteiger partial charge in [0.05, 0.1) is 12.7 Å². The molecule has 1 unspecified atom stereocenters. The monoisotopic (exact) mass is 366 g/mol. The molecule has 0 bridgehead atoms. The van der Waals surface area contributed by atoms with Gasteiger partial charge in [0.2, 0.25) is 0 Å². The second-order valence-electron chi connectivity index (χ2n) is 7.36. The molecule has 4 nitrogen and oxygen atoms in total. The highest BCUT2D eigenvalue weighted by atomic mass is 16.5. The molecule has 3 rings (SSSR count). The third-order valence-electron chi connectivity index (χ3n) is 5.14. The number of hydrogen-bond donors (Lipinski definition) is 1. The van der Waals surface area contributed by atoms with E-state index in [2.05, 4.69) is 48.6 Å². The minimum Gasteiger partial charge on any atom is -0.373 e. The van der Waals surface area contributed by atoms with Crippen LogP contribution < -0.4 is 5.32 Å². The Hall–Kier alpha value is -2.33. The van der Waals surface area contributed by atoms with Crippen molar-refractivity contribution >= 4 is 6.03 Å². The van der Waals surface area contributed by atoms with E-state index in [-0.39, 0.29) is 18.2 Å². The van der Waals surface area contributed by atoms with Gasteiger partial charge < -0.3 is 15.0 Å². The van der Waals surface area contributed by atoms with Crippen molar-refractivity contribution in [3.8, 4) is 0 Å². The second-order valence-corrected chi connectivity index (χ2v) is 7.36. The molecule has 0 spiro atoms. The van der Waals surface area contributed by atoms with Crippen molar-refractivity contribution in [2.75, 3.05) is 13.1 Å². The summed E-state index contributed by atoms with van der Waals surface area (Å²) in [5.74, 6) is 0. The molecule has 0 radical (unpaired) electrons. The van der Waals surface area contributed by atoms with E-state index in [1.807, 2.05) is 29.2 Å². The lowest BCUT2D eigenvalue weighted by Crippen LogP contribution is -2.48. The van der Waals surface area contributed by atoms with E-state index in [0.717, 1.165) is 38.8 Å². The first-order valence-corrected chi connectivity index (χ1v) is 9.95. The van der Waals surface area contributed by atoms with Crippen LogP contribution in [0, 0.1) is 0 Å². The molecule has 0 aromatic heterocycles. The molecule has 1 fully saturated rings. The zero-order valence-electron chi connectivity index (χ0n) is 16.1. The molecule has 2 amide bonds. The van der Waals surface area contributed by atoms with Crippen molar-refractivity contribution in [3.05, 3.63) is 71.8 Å².